The summed E-state index contributed by atoms with van der Waals surface area (Å²) in [6.07, 6.45) is 1.13. The molecule has 2 aromatic carbocycles. The Labute approximate surface area is 165 Å². The number of hydrogen-bond acceptors (Lipinski definition) is 4. The predicted molar refractivity (Wildman–Crippen MR) is 103 cm³/mol. The molecule has 1 amide bonds. The van der Waals surface area contributed by atoms with Crippen molar-refractivity contribution in [2.24, 2.45) is 0 Å². The molecular formula is C20H21F4N3O2. The van der Waals surface area contributed by atoms with Crippen molar-refractivity contribution in [3.63, 3.8) is 0 Å². The molecular weight excluding hydrogens is 390 g/mol. The zero-order valence-electron chi connectivity index (χ0n) is 15.8. The molecule has 0 saturated heterocycles. The predicted octanol–water partition coefficient (Wildman–Crippen LogP) is 4.52. The molecule has 2 aromatic rings. The molecule has 0 saturated carbocycles. The van der Waals surface area contributed by atoms with Crippen molar-refractivity contribution in [2.45, 2.75) is 32.4 Å². The molecule has 1 unspecified atom stereocenters. The zero-order valence-corrected chi connectivity index (χ0v) is 15.8. The minimum Gasteiger partial charge on any atom is -0.435 e. The first kappa shape index (κ1) is 22.2. The maximum atomic E-state index is 12.9. The summed E-state index contributed by atoms with van der Waals surface area (Å²) in [4.78, 5) is 11.3. The van der Waals surface area contributed by atoms with Crippen LogP contribution in [0.5, 0.6) is 5.75 Å². The van der Waals surface area contributed by atoms with E-state index in [-0.39, 0.29) is 12.3 Å². The highest BCUT2D eigenvalue weighted by Crippen LogP contribution is 2.27. The van der Waals surface area contributed by atoms with Crippen molar-refractivity contribution in [2.75, 3.05) is 11.9 Å². The van der Waals surface area contributed by atoms with E-state index in [1.165, 1.54) is 12.1 Å². The molecule has 0 aliphatic carbocycles. The van der Waals surface area contributed by atoms with Crippen LogP contribution in [0.3, 0.4) is 0 Å². The Morgan fingerprint density at radius 2 is 1.79 bits per heavy atom. The van der Waals surface area contributed by atoms with Gasteiger partial charge in [-0.05, 0) is 42.3 Å². The third kappa shape index (κ3) is 6.48. The molecule has 0 aliphatic heterocycles. The minimum atomic E-state index is -3.45. The monoisotopic (exact) mass is 411 g/mol. The van der Waals surface area contributed by atoms with E-state index in [1.807, 2.05) is 0 Å². The summed E-state index contributed by atoms with van der Waals surface area (Å²) >= 11 is 0. The number of carbonyl (C=O) groups is 1. The lowest BCUT2D eigenvalue weighted by molar-refractivity contribution is -0.143. The Balaban J connectivity index is 2.07. The highest BCUT2D eigenvalue weighted by atomic mass is 19.3. The largest absolute Gasteiger partial charge is 0.435 e. The Bertz CT molecular complexity index is 852. The second-order valence-electron chi connectivity index (χ2n) is 6.49. The Morgan fingerprint density at radius 3 is 2.34 bits per heavy atom. The average Bonchev–Trinajstić information content (AvgIpc) is 2.65. The van der Waals surface area contributed by atoms with Crippen molar-refractivity contribution >= 4 is 17.8 Å². The topological polar surface area (TPSA) is 74.2 Å². The number of halogens is 4. The molecule has 2 rings (SSSR count). The van der Waals surface area contributed by atoms with Crippen LogP contribution in [0.25, 0.3) is 11.1 Å². The van der Waals surface area contributed by atoms with Crippen molar-refractivity contribution < 1.29 is 27.1 Å². The number of amides is 1. The van der Waals surface area contributed by atoms with Crippen LogP contribution in [0.1, 0.15) is 19.4 Å². The first-order valence-corrected chi connectivity index (χ1v) is 8.72. The summed E-state index contributed by atoms with van der Waals surface area (Å²) in [7, 11) is 0. The number of benzene rings is 2. The van der Waals surface area contributed by atoms with E-state index in [2.05, 4.69) is 15.4 Å². The molecule has 0 aromatic heterocycles. The van der Waals surface area contributed by atoms with Crippen LogP contribution in [-0.2, 0) is 4.79 Å². The van der Waals surface area contributed by atoms with Crippen molar-refractivity contribution in [1.82, 2.24) is 5.32 Å². The Kier molecular flexibility index (Phi) is 7.19. The molecule has 0 spiro atoms. The molecule has 9 heteroatoms. The van der Waals surface area contributed by atoms with Crippen molar-refractivity contribution in [1.29, 1.82) is 5.41 Å². The van der Waals surface area contributed by atoms with E-state index in [9.17, 15) is 22.4 Å². The van der Waals surface area contributed by atoms with Gasteiger partial charge in [0.2, 0.25) is 0 Å². The van der Waals surface area contributed by atoms with Crippen LogP contribution in [0, 0.1) is 5.41 Å². The molecule has 3 N–H and O–H groups in total. The van der Waals surface area contributed by atoms with Crippen LogP contribution >= 0.6 is 0 Å². The highest BCUT2D eigenvalue weighted by Gasteiger charge is 2.32. The summed E-state index contributed by atoms with van der Waals surface area (Å²) in [6, 6.07) is 10.7. The fraction of sp³-hybridized carbons (Fsp3) is 0.300. The fourth-order valence-corrected chi connectivity index (χ4v) is 2.52. The van der Waals surface area contributed by atoms with Gasteiger partial charge in [0.1, 0.15) is 5.75 Å². The van der Waals surface area contributed by atoms with Crippen LogP contribution in [-0.4, -0.2) is 37.2 Å². The first-order chi connectivity index (χ1) is 13.6. The van der Waals surface area contributed by atoms with Gasteiger partial charge >= 0.3 is 12.5 Å². The number of alkyl halides is 4. The summed E-state index contributed by atoms with van der Waals surface area (Å²) in [5, 5.41) is 12.8. The summed E-state index contributed by atoms with van der Waals surface area (Å²) in [5.41, 5.74) is 2.62. The van der Waals surface area contributed by atoms with Gasteiger partial charge in [0.15, 0.2) is 0 Å². The lowest BCUT2D eigenvalue weighted by atomic mass is 10.0. The van der Waals surface area contributed by atoms with Gasteiger partial charge in [-0.2, -0.15) is 17.6 Å². The van der Waals surface area contributed by atoms with Gasteiger partial charge in [-0.25, -0.2) is 0 Å². The smallest absolute Gasteiger partial charge is 0.387 e. The molecule has 0 fully saturated rings. The molecule has 29 heavy (non-hydrogen) atoms. The maximum absolute atomic E-state index is 12.9. The normalized spacial score (nSPS) is 12.4. The van der Waals surface area contributed by atoms with Gasteiger partial charge < -0.3 is 20.8 Å². The molecule has 5 nitrogen and oxygen atoms in total. The van der Waals surface area contributed by atoms with E-state index in [0.29, 0.717) is 18.2 Å². The average molecular weight is 411 g/mol. The maximum Gasteiger partial charge on any atom is 0.387 e. The Morgan fingerprint density at radius 1 is 1.17 bits per heavy atom. The number of ether oxygens (including phenoxy) is 1. The lowest BCUT2D eigenvalue weighted by Gasteiger charge is -2.19. The quantitative estimate of drug-likeness (QED) is 0.419. The summed E-state index contributed by atoms with van der Waals surface area (Å²) in [5.74, 6) is -4.76. The van der Waals surface area contributed by atoms with Crippen LogP contribution in [0.15, 0.2) is 42.5 Å². The van der Waals surface area contributed by atoms with Gasteiger partial charge in [0.25, 0.3) is 5.91 Å². The van der Waals surface area contributed by atoms with E-state index in [4.69, 9.17) is 5.41 Å². The number of hydrogen-bond donors (Lipinski definition) is 3. The fourth-order valence-electron chi connectivity index (χ4n) is 2.52. The number of nitrogens with one attached hydrogen (secondary N) is 3. The number of rotatable bonds is 9. The minimum absolute atomic E-state index is 0.0444. The lowest BCUT2D eigenvalue weighted by Crippen LogP contribution is -2.45. The molecule has 0 heterocycles. The Hall–Kier alpha value is -3.10. The zero-order chi connectivity index (χ0) is 21.6. The van der Waals surface area contributed by atoms with Crippen LogP contribution in [0.4, 0.5) is 23.2 Å². The molecule has 156 valence electrons. The molecule has 0 aliphatic rings. The van der Waals surface area contributed by atoms with Crippen LogP contribution in [0.2, 0.25) is 0 Å². The van der Waals surface area contributed by atoms with Crippen molar-refractivity contribution in [3.05, 3.63) is 48.0 Å². The number of carbonyl (C=O) groups excluding carboxylic acids is 1. The van der Waals surface area contributed by atoms with Crippen molar-refractivity contribution in [3.8, 4) is 16.9 Å². The van der Waals surface area contributed by atoms with Gasteiger partial charge in [0.05, 0.1) is 0 Å². The van der Waals surface area contributed by atoms with E-state index >= 15 is 0 Å². The van der Waals surface area contributed by atoms with E-state index in [1.54, 1.807) is 37.3 Å². The summed E-state index contributed by atoms with van der Waals surface area (Å²) in [6.45, 7) is -0.605. The molecule has 0 bridgehead atoms. The van der Waals surface area contributed by atoms with Gasteiger partial charge in [-0.15, -0.1) is 0 Å². The van der Waals surface area contributed by atoms with Crippen LogP contribution < -0.4 is 15.4 Å². The summed E-state index contributed by atoms with van der Waals surface area (Å²) < 4.78 is 54.7. The third-order valence-corrected chi connectivity index (χ3v) is 3.99. The van der Waals surface area contributed by atoms with Gasteiger partial charge in [0, 0.05) is 37.0 Å². The standard InChI is InChI=1S/C20H21F4N3O2/c1-12(27-18(28)20(2,23)24)11-26-17-8-5-14(9-15(17)10-25)13-3-6-16(7-4-13)29-19(21)22/h3-10,12,19,25-26H,11H2,1-2H3,(H,27,28). The van der Waals surface area contributed by atoms with E-state index in [0.717, 1.165) is 17.3 Å². The second-order valence-corrected chi connectivity index (χ2v) is 6.49. The molecule has 0 radical (unpaired) electrons. The SMILES string of the molecule is CC(CNc1ccc(-c2ccc(OC(F)F)cc2)cc1C=N)NC(=O)C(C)(F)F. The molecule has 1 atom stereocenters. The number of anilines is 1. The highest BCUT2D eigenvalue weighted by molar-refractivity contribution is 5.88. The van der Waals surface area contributed by atoms with Gasteiger partial charge in [-0.3, -0.25) is 4.79 Å². The second kappa shape index (κ2) is 9.40. The third-order valence-electron chi connectivity index (χ3n) is 3.99. The van der Waals surface area contributed by atoms with Gasteiger partial charge in [-0.1, -0.05) is 18.2 Å². The first-order valence-electron chi connectivity index (χ1n) is 8.72. The van der Waals surface area contributed by atoms with E-state index < -0.39 is 24.5 Å².